The molecular formula is C12H16N2O. The number of anilines is 1. The second-order valence-electron chi connectivity index (χ2n) is 3.50. The molecule has 15 heavy (non-hydrogen) atoms. The Morgan fingerprint density at radius 1 is 1.40 bits per heavy atom. The molecule has 3 heteroatoms. The smallest absolute Gasteiger partial charge is 0.142 e. The zero-order valence-corrected chi connectivity index (χ0v) is 8.99. The van der Waals surface area contributed by atoms with Crippen molar-refractivity contribution in [3.8, 4) is 11.8 Å². The van der Waals surface area contributed by atoms with E-state index in [0.29, 0.717) is 18.7 Å². The van der Waals surface area contributed by atoms with Crippen LogP contribution in [0.15, 0.2) is 18.2 Å². The molecule has 0 amide bonds. The third kappa shape index (κ3) is 3.90. The maximum Gasteiger partial charge on any atom is 0.142 e. The molecule has 0 aliphatic rings. The van der Waals surface area contributed by atoms with E-state index in [1.54, 1.807) is 0 Å². The highest BCUT2D eigenvalue weighted by atomic mass is 16.5. The van der Waals surface area contributed by atoms with Crippen molar-refractivity contribution in [2.24, 2.45) is 0 Å². The number of unbranched alkanes of at least 4 members (excludes halogenated alkanes) is 2. The van der Waals surface area contributed by atoms with E-state index < -0.39 is 0 Å². The monoisotopic (exact) mass is 204 g/mol. The van der Waals surface area contributed by atoms with Crippen molar-refractivity contribution < 1.29 is 4.74 Å². The number of nitrogen functional groups attached to an aromatic ring is 1. The number of nitrogens with zero attached hydrogens (tertiary/aromatic N) is 1. The van der Waals surface area contributed by atoms with Crippen LogP contribution in [0.25, 0.3) is 0 Å². The summed E-state index contributed by atoms with van der Waals surface area (Å²) in [6.45, 7) is 2.62. The number of benzene rings is 1. The van der Waals surface area contributed by atoms with E-state index in [2.05, 4.69) is 6.07 Å². The maximum atomic E-state index is 8.35. The van der Waals surface area contributed by atoms with Crippen LogP contribution < -0.4 is 10.5 Å². The molecule has 1 rings (SSSR count). The summed E-state index contributed by atoms with van der Waals surface area (Å²) in [5, 5.41) is 8.35. The first kappa shape index (κ1) is 11.4. The topological polar surface area (TPSA) is 59.0 Å². The summed E-state index contributed by atoms with van der Waals surface area (Å²) in [6.07, 6.45) is 2.36. The van der Waals surface area contributed by atoms with Crippen molar-refractivity contribution in [1.82, 2.24) is 0 Å². The van der Waals surface area contributed by atoms with Crippen LogP contribution in [-0.2, 0) is 0 Å². The molecule has 0 aliphatic heterocycles. The maximum absolute atomic E-state index is 8.35. The first-order chi connectivity index (χ1) is 7.24. The Kier molecular flexibility index (Phi) is 4.49. The van der Waals surface area contributed by atoms with Gasteiger partial charge < -0.3 is 10.5 Å². The van der Waals surface area contributed by atoms with E-state index in [1.807, 2.05) is 25.1 Å². The molecule has 0 atom stereocenters. The molecule has 0 saturated carbocycles. The predicted octanol–water partition coefficient (Wildman–Crippen LogP) is 2.65. The van der Waals surface area contributed by atoms with E-state index in [0.717, 1.165) is 24.2 Å². The summed E-state index contributed by atoms with van der Waals surface area (Å²) in [4.78, 5) is 0. The molecule has 0 fully saturated rings. The van der Waals surface area contributed by atoms with E-state index >= 15 is 0 Å². The Morgan fingerprint density at radius 3 is 2.93 bits per heavy atom. The molecule has 0 saturated heterocycles. The van der Waals surface area contributed by atoms with Crippen LogP contribution in [0.3, 0.4) is 0 Å². The Labute approximate surface area is 90.5 Å². The third-order valence-corrected chi connectivity index (χ3v) is 2.11. The molecule has 2 N–H and O–H groups in total. The summed E-state index contributed by atoms with van der Waals surface area (Å²) in [6, 6.07) is 7.84. The Hall–Kier alpha value is -1.69. The molecule has 80 valence electrons. The number of nitrogens with two attached hydrogens (primary N) is 1. The lowest BCUT2D eigenvalue weighted by Gasteiger charge is -2.08. The van der Waals surface area contributed by atoms with Gasteiger partial charge in [0.25, 0.3) is 0 Å². The van der Waals surface area contributed by atoms with Gasteiger partial charge in [-0.3, -0.25) is 0 Å². The van der Waals surface area contributed by atoms with Gasteiger partial charge >= 0.3 is 0 Å². The average molecular weight is 204 g/mol. The highest BCUT2D eigenvalue weighted by Gasteiger charge is 1.99. The molecular weight excluding hydrogens is 188 g/mol. The molecule has 1 aromatic rings. The van der Waals surface area contributed by atoms with Crippen LogP contribution in [0.1, 0.15) is 24.8 Å². The number of aryl methyl sites for hydroxylation is 1. The number of hydrogen-bond acceptors (Lipinski definition) is 3. The summed E-state index contributed by atoms with van der Waals surface area (Å²) in [7, 11) is 0. The summed E-state index contributed by atoms with van der Waals surface area (Å²) >= 11 is 0. The average Bonchev–Trinajstić information content (AvgIpc) is 2.23. The lowest BCUT2D eigenvalue weighted by Crippen LogP contribution is -2.00. The lowest BCUT2D eigenvalue weighted by atomic mass is 10.2. The zero-order valence-electron chi connectivity index (χ0n) is 8.99. The Balaban J connectivity index is 2.37. The van der Waals surface area contributed by atoms with Crippen molar-refractivity contribution in [1.29, 1.82) is 5.26 Å². The minimum Gasteiger partial charge on any atom is -0.491 e. The van der Waals surface area contributed by atoms with Gasteiger partial charge in [0.05, 0.1) is 18.4 Å². The van der Waals surface area contributed by atoms with Gasteiger partial charge in [-0.15, -0.1) is 0 Å². The first-order valence-corrected chi connectivity index (χ1v) is 5.10. The quantitative estimate of drug-likeness (QED) is 0.592. The van der Waals surface area contributed by atoms with E-state index in [1.165, 1.54) is 0 Å². The van der Waals surface area contributed by atoms with Gasteiger partial charge in [-0.25, -0.2) is 0 Å². The molecule has 0 spiro atoms. The summed E-state index contributed by atoms with van der Waals surface area (Å²) in [5.41, 5.74) is 7.56. The Bertz CT molecular complexity index is 355. The molecule has 0 radical (unpaired) electrons. The van der Waals surface area contributed by atoms with Gasteiger partial charge in [-0.1, -0.05) is 6.07 Å². The second-order valence-corrected chi connectivity index (χ2v) is 3.50. The summed E-state index contributed by atoms with van der Waals surface area (Å²) < 4.78 is 5.53. The van der Waals surface area contributed by atoms with Gasteiger partial charge in [0.1, 0.15) is 5.75 Å². The second kappa shape index (κ2) is 5.92. The molecule has 0 aromatic heterocycles. The van der Waals surface area contributed by atoms with Crippen LogP contribution in [0.2, 0.25) is 0 Å². The van der Waals surface area contributed by atoms with Crippen LogP contribution in [0.5, 0.6) is 5.75 Å². The van der Waals surface area contributed by atoms with E-state index in [4.69, 9.17) is 15.7 Å². The normalized spacial score (nSPS) is 9.60. The largest absolute Gasteiger partial charge is 0.491 e. The number of rotatable bonds is 5. The summed E-state index contributed by atoms with van der Waals surface area (Å²) in [5.74, 6) is 0.743. The van der Waals surface area contributed by atoms with Crippen molar-refractivity contribution in [3.63, 3.8) is 0 Å². The first-order valence-electron chi connectivity index (χ1n) is 5.10. The lowest BCUT2D eigenvalue weighted by molar-refractivity contribution is 0.309. The molecule has 0 aliphatic carbocycles. The SMILES string of the molecule is Cc1ccc(N)c(OCCCCC#N)c1. The van der Waals surface area contributed by atoms with Gasteiger partial charge in [-0.05, 0) is 37.5 Å². The number of nitriles is 1. The van der Waals surface area contributed by atoms with Crippen LogP contribution >= 0.6 is 0 Å². The van der Waals surface area contributed by atoms with E-state index in [9.17, 15) is 0 Å². The molecule has 0 unspecified atom stereocenters. The highest BCUT2D eigenvalue weighted by Crippen LogP contribution is 2.22. The molecule has 0 heterocycles. The fourth-order valence-corrected chi connectivity index (χ4v) is 1.25. The highest BCUT2D eigenvalue weighted by molar-refractivity contribution is 5.53. The minimum atomic E-state index is 0.590. The van der Waals surface area contributed by atoms with Crippen molar-refractivity contribution in [2.45, 2.75) is 26.2 Å². The molecule has 0 bridgehead atoms. The van der Waals surface area contributed by atoms with Gasteiger partial charge in [0.15, 0.2) is 0 Å². The third-order valence-electron chi connectivity index (χ3n) is 2.11. The molecule has 1 aromatic carbocycles. The van der Waals surface area contributed by atoms with Crippen molar-refractivity contribution in [3.05, 3.63) is 23.8 Å². The fourth-order valence-electron chi connectivity index (χ4n) is 1.25. The standard InChI is InChI=1S/C12H16N2O/c1-10-5-6-11(14)12(9-10)15-8-4-2-3-7-13/h5-6,9H,2-4,8,14H2,1H3. The van der Waals surface area contributed by atoms with E-state index in [-0.39, 0.29) is 0 Å². The minimum absolute atomic E-state index is 0.590. The van der Waals surface area contributed by atoms with Gasteiger partial charge in [-0.2, -0.15) is 5.26 Å². The van der Waals surface area contributed by atoms with Crippen LogP contribution in [0, 0.1) is 18.3 Å². The number of hydrogen-bond donors (Lipinski definition) is 1. The van der Waals surface area contributed by atoms with Gasteiger partial charge in [0.2, 0.25) is 0 Å². The Morgan fingerprint density at radius 2 is 2.20 bits per heavy atom. The molecule has 3 nitrogen and oxygen atoms in total. The van der Waals surface area contributed by atoms with Crippen molar-refractivity contribution >= 4 is 5.69 Å². The fraction of sp³-hybridized carbons (Fsp3) is 0.417. The van der Waals surface area contributed by atoms with Crippen LogP contribution in [-0.4, -0.2) is 6.61 Å². The van der Waals surface area contributed by atoms with Gasteiger partial charge in [0, 0.05) is 6.42 Å². The number of ether oxygens (including phenoxy) is 1. The van der Waals surface area contributed by atoms with Crippen molar-refractivity contribution in [2.75, 3.05) is 12.3 Å². The van der Waals surface area contributed by atoms with Crippen LogP contribution in [0.4, 0.5) is 5.69 Å². The predicted molar refractivity (Wildman–Crippen MR) is 60.6 cm³/mol. The zero-order chi connectivity index (χ0) is 11.1.